The second-order valence-electron chi connectivity index (χ2n) is 2.90. The van der Waals surface area contributed by atoms with Gasteiger partial charge in [0.2, 0.25) is 0 Å². The van der Waals surface area contributed by atoms with Crippen LogP contribution in [-0.2, 0) is 6.18 Å². The Balaban J connectivity index is 3.43. The van der Waals surface area contributed by atoms with Crippen molar-refractivity contribution < 1.29 is 27.5 Å². The fraction of sp³-hybridized carbons (Fsp3) is 0.222. The summed E-state index contributed by atoms with van der Waals surface area (Å²) < 4.78 is 49.6. The molecule has 0 saturated heterocycles. The van der Waals surface area contributed by atoms with E-state index in [0.717, 1.165) is 6.92 Å². The maximum Gasteiger partial charge on any atom is 0.419 e. The van der Waals surface area contributed by atoms with Crippen molar-refractivity contribution in [2.45, 2.75) is 13.1 Å². The Labute approximate surface area is 82.1 Å². The fourth-order valence-corrected chi connectivity index (χ4v) is 1.06. The van der Waals surface area contributed by atoms with Crippen LogP contribution in [0.2, 0.25) is 0 Å². The number of Topliss-reactive ketones (excluding diaryl/α,β-unsaturated/α-hetero) is 1. The fourth-order valence-electron chi connectivity index (χ4n) is 1.06. The smallest absolute Gasteiger partial charge is 0.419 e. The topological polar surface area (TPSA) is 37.3 Å². The lowest BCUT2D eigenvalue weighted by Crippen LogP contribution is -2.08. The van der Waals surface area contributed by atoms with Crippen LogP contribution in [0.4, 0.5) is 17.6 Å². The molecular formula is C9H6F4O2. The summed E-state index contributed by atoms with van der Waals surface area (Å²) in [6.45, 7) is 0.940. The number of ketones is 1. The predicted octanol–water partition coefficient (Wildman–Crippen LogP) is 2.75. The molecule has 1 N–H and O–H groups in total. The lowest BCUT2D eigenvalue weighted by Gasteiger charge is -2.10. The van der Waals surface area contributed by atoms with Crippen molar-refractivity contribution in [2.24, 2.45) is 0 Å². The van der Waals surface area contributed by atoms with Crippen LogP contribution in [0.15, 0.2) is 12.1 Å². The second-order valence-corrected chi connectivity index (χ2v) is 2.90. The third-order valence-corrected chi connectivity index (χ3v) is 1.77. The first-order valence-corrected chi connectivity index (χ1v) is 3.84. The van der Waals surface area contributed by atoms with Crippen molar-refractivity contribution in [3.05, 3.63) is 29.1 Å². The summed E-state index contributed by atoms with van der Waals surface area (Å²) in [6.07, 6.45) is -4.82. The van der Waals surface area contributed by atoms with Gasteiger partial charge in [0, 0.05) is 6.07 Å². The largest absolute Gasteiger partial charge is 0.507 e. The molecule has 0 radical (unpaired) electrons. The van der Waals surface area contributed by atoms with Gasteiger partial charge in [-0.15, -0.1) is 0 Å². The number of halogens is 4. The minimum atomic E-state index is -4.82. The zero-order valence-corrected chi connectivity index (χ0v) is 7.52. The predicted molar refractivity (Wildman–Crippen MR) is 43.1 cm³/mol. The number of phenolic OH excluding ortho intramolecular Hbond substituents is 1. The number of hydrogen-bond donors (Lipinski definition) is 1. The Morgan fingerprint density at radius 3 is 2.27 bits per heavy atom. The summed E-state index contributed by atoms with van der Waals surface area (Å²) in [6, 6.07) is 0.576. The van der Waals surface area contributed by atoms with Crippen LogP contribution in [0.3, 0.4) is 0 Å². The first-order valence-electron chi connectivity index (χ1n) is 3.84. The molecule has 82 valence electrons. The highest BCUT2D eigenvalue weighted by Crippen LogP contribution is 2.36. The number of phenols is 1. The Morgan fingerprint density at radius 1 is 1.33 bits per heavy atom. The molecule has 6 heteroatoms. The number of hydrogen-bond acceptors (Lipinski definition) is 2. The van der Waals surface area contributed by atoms with Crippen LogP contribution in [0, 0.1) is 5.82 Å². The zero-order chi connectivity index (χ0) is 11.8. The summed E-state index contributed by atoms with van der Waals surface area (Å²) in [5, 5.41) is 8.86. The van der Waals surface area contributed by atoms with Crippen LogP contribution in [0.25, 0.3) is 0 Å². The summed E-state index contributed by atoms with van der Waals surface area (Å²) >= 11 is 0. The van der Waals surface area contributed by atoms with Crippen LogP contribution in [0.1, 0.15) is 22.8 Å². The van der Waals surface area contributed by atoms with E-state index in [4.69, 9.17) is 5.11 Å². The van der Waals surface area contributed by atoms with Gasteiger partial charge in [0.1, 0.15) is 11.6 Å². The Bertz CT molecular complexity index is 409. The van der Waals surface area contributed by atoms with Crippen LogP contribution < -0.4 is 0 Å². The molecular weight excluding hydrogens is 216 g/mol. The molecule has 0 aliphatic heterocycles. The van der Waals surface area contributed by atoms with E-state index in [9.17, 15) is 22.4 Å². The molecule has 0 amide bonds. The van der Waals surface area contributed by atoms with E-state index in [1.807, 2.05) is 0 Å². The Hall–Kier alpha value is -1.59. The van der Waals surface area contributed by atoms with Gasteiger partial charge in [-0.3, -0.25) is 4.79 Å². The molecule has 0 heterocycles. The van der Waals surface area contributed by atoms with E-state index < -0.39 is 34.7 Å². The van der Waals surface area contributed by atoms with E-state index in [2.05, 4.69) is 0 Å². The minimum absolute atomic E-state index is 0.277. The van der Waals surface area contributed by atoms with Gasteiger partial charge in [0.15, 0.2) is 5.78 Å². The number of alkyl halides is 3. The molecule has 1 aromatic carbocycles. The van der Waals surface area contributed by atoms with Crippen LogP contribution in [-0.4, -0.2) is 10.9 Å². The normalized spacial score (nSPS) is 11.5. The average molecular weight is 222 g/mol. The minimum Gasteiger partial charge on any atom is -0.507 e. The van der Waals surface area contributed by atoms with E-state index >= 15 is 0 Å². The molecule has 0 saturated carbocycles. The van der Waals surface area contributed by atoms with E-state index in [1.54, 1.807) is 0 Å². The van der Waals surface area contributed by atoms with E-state index in [1.165, 1.54) is 0 Å². The monoisotopic (exact) mass is 222 g/mol. The van der Waals surface area contributed by atoms with Crippen molar-refractivity contribution in [2.75, 3.05) is 0 Å². The van der Waals surface area contributed by atoms with Crippen molar-refractivity contribution in [1.82, 2.24) is 0 Å². The van der Waals surface area contributed by atoms with Gasteiger partial charge in [-0.05, 0) is 13.0 Å². The number of benzene rings is 1. The van der Waals surface area contributed by atoms with Gasteiger partial charge in [0.25, 0.3) is 0 Å². The molecule has 0 aromatic heterocycles. The maximum absolute atomic E-state index is 12.9. The van der Waals surface area contributed by atoms with Gasteiger partial charge >= 0.3 is 6.18 Å². The van der Waals surface area contributed by atoms with E-state index in [0.29, 0.717) is 6.07 Å². The lowest BCUT2D eigenvalue weighted by molar-refractivity contribution is -0.138. The standard InChI is InChI=1S/C9H6F4O2/c1-4(14)5-2-6(9(11,12)13)8(15)3-7(5)10/h2-3,15H,1H3. The maximum atomic E-state index is 12.9. The van der Waals surface area contributed by atoms with Crippen molar-refractivity contribution >= 4 is 5.78 Å². The molecule has 0 atom stereocenters. The number of aromatic hydroxyl groups is 1. The summed E-state index contributed by atoms with van der Waals surface area (Å²) in [5.41, 5.74) is -2.12. The number of carbonyl (C=O) groups is 1. The third-order valence-electron chi connectivity index (χ3n) is 1.77. The molecule has 1 aromatic rings. The SMILES string of the molecule is CC(=O)c1cc(C(F)(F)F)c(O)cc1F. The molecule has 0 fully saturated rings. The van der Waals surface area contributed by atoms with Gasteiger partial charge < -0.3 is 5.11 Å². The second kappa shape index (κ2) is 3.52. The molecule has 0 unspecified atom stereocenters. The quantitative estimate of drug-likeness (QED) is 0.586. The molecule has 0 aliphatic carbocycles. The highest BCUT2D eigenvalue weighted by Gasteiger charge is 2.35. The van der Waals surface area contributed by atoms with Gasteiger partial charge in [-0.1, -0.05) is 0 Å². The molecule has 2 nitrogen and oxygen atoms in total. The van der Waals surface area contributed by atoms with Crippen molar-refractivity contribution in [1.29, 1.82) is 0 Å². The molecule has 0 bridgehead atoms. The summed E-state index contributed by atoms with van der Waals surface area (Å²) in [7, 11) is 0. The Kier molecular flexibility index (Phi) is 2.70. The molecule has 0 aliphatic rings. The summed E-state index contributed by atoms with van der Waals surface area (Å²) in [4.78, 5) is 10.8. The summed E-state index contributed by atoms with van der Waals surface area (Å²) in [5.74, 6) is -3.24. The van der Waals surface area contributed by atoms with Crippen LogP contribution >= 0.6 is 0 Å². The highest BCUT2D eigenvalue weighted by molar-refractivity contribution is 5.94. The third kappa shape index (κ3) is 2.26. The van der Waals surface area contributed by atoms with Crippen molar-refractivity contribution in [3.8, 4) is 5.75 Å². The highest BCUT2D eigenvalue weighted by atomic mass is 19.4. The zero-order valence-electron chi connectivity index (χ0n) is 7.52. The number of carbonyl (C=O) groups excluding carboxylic acids is 1. The average Bonchev–Trinajstić information content (AvgIpc) is 2.00. The molecule has 15 heavy (non-hydrogen) atoms. The lowest BCUT2D eigenvalue weighted by atomic mass is 10.1. The molecule has 0 spiro atoms. The number of rotatable bonds is 1. The van der Waals surface area contributed by atoms with Crippen LogP contribution in [0.5, 0.6) is 5.75 Å². The van der Waals surface area contributed by atoms with Gasteiger partial charge in [-0.25, -0.2) is 4.39 Å². The van der Waals surface area contributed by atoms with E-state index in [-0.39, 0.29) is 6.07 Å². The molecule has 1 rings (SSSR count). The first-order chi connectivity index (χ1) is 6.73. The van der Waals surface area contributed by atoms with Gasteiger partial charge in [0.05, 0.1) is 11.1 Å². The Morgan fingerprint density at radius 2 is 1.87 bits per heavy atom. The first kappa shape index (κ1) is 11.5. The van der Waals surface area contributed by atoms with Gasteiger partial charge in [-0.2, -0.15) is 13.2 Å². The van der Waals surface area contributed by atoms with Crippen molar-refractivity contribution in [3.63, 3.8) is 0 Å².